The average molecular weight is 251 g/mol. The van der Waals surface area contributed by atoms with Crippen LogP contribution in [-0.4, -0.2) is 17.4 Å². The number of hydrogen-bond acceptors (Lipinski definition) is 4. The number of rotatable bonds is 5. The number of nitrogens with zero attached hydrogens (tertiary/aromatic N) is 1. The summed E-state index contributed by atoms with van der Waals surface area (Å²) in [7, 11) is 0. The zero-order valence-corrected chi connectivity index (χ0v) is 10.5. The standard InChI is InChI=1S/C12H17N3O3/c1-8-3-4-11(15(17)18)10(7-8)14-12(16)9(2)5-6-13/h3-4,7,9H,5-6,13H2,1-2H3,(H,14,16). The molecule has 98 valence electrons. The molecule has 0 aliphatic rings. The quantitative estimate of drug-likeness (QED) is 0.616. The molecule has 0 aliphatic heterocycles. The molecule has 1 amide bonds. The number of nitrogens with one attached hydrogen (secondary N) is 1. The van der Waals surface area contributed by atoms with Gasteiger partial charge in [0.15, 0.2) is 0 Å². The first kappa shape index (κ1) is 14.1. The molecule has 6 nitrogen and oxygen atoms in total. The molecule has 0 radical (unpaired) electrons. The second kappa shape index (κ2) is 6.11. The molecule has 0 aromatic heterocycles. The number of carbonyl (C=O) groups is 1. The molecule has 0 heterocycles. The number of carbonyl (C=O) groups excluding carboxylic acids is 1. The Morgan fingerprint density at radius 3 is 2.78 bits per heavy atom. The molecule has 0 fully saturated rings. The van der Waals surface area contributed by atoms with Gasteiger partial charge in [-0.3, -0.25) is 14.9 Å². The van der Waals surface area contributed by atoms with E-state index in [-0.39, 0.29) is 23.2 Å². The summed E-state index contributed by atoms with van der Waals surface area (Å²) in [5, 5.41) is 13.4. The largest absolute Gasteiger partial charge is 0.330 e. The molecule has 6 heteroatoms. The fourth-order valence-corrected chi connectivity index (χ4v) is 1.55. The first-order chi connectivity index (χ1) is 8.45. The molecular weight excluding hydrogens is 234 g/mol. The minimum atomic E-state index is -0.511. The minimum Gasteiger partial charge on any atom is -0.330 e. The Bertz CT molecular complexity index is 460. The number of aryl methyl sites for hydroxylation is 1. The Balaban J connectivity index is 2.92. The Morgan fingerprint density at radius 2 is 2.22 bits per heavy atom. The molecule has 1 aromatic rings. The number of nitro groups is 1. The van der Waals surface area contributed by atoms with Crippen LogP contribution in [0.15, 0.2) is 18.2 Å². The van der Waals surface area contributed by atoms with E-state index in [1.165, 1.54) is 6.07 Å². The zero-order valence-electron chi connectivity index (χ0n) is 10.5. The second-order valence-electron chi connectivity index (χ2n) is 4.25. The molecule has 1 atom stereocenters. The fourth-order valence-electron chi connectivity index (χ4n) is 1.55. The third-order valence-corrected chi connectivity index (χ3v) is 2.65. The number of amides is 1. The van der Waals surface area contributed by atoms with E-state index in [0.29, 0.717) is 13.0 Å². The molecule has 0 saturated heterocycles. The number of benzene rings is 1. The van der Waals surface area contributed by atoms with Crippen molar-refractivity contribution < 1.29 is 9.72 Å². The van der Waals surface area contributed by atoms with Crippen LogP contribution in [0, 0.1) is 23.0 Å². The van der Waals surface area contributed by atoms with Crippen LogP contribution in [0.25, 0.3) is 0 Å². The van der Waals surface area contributed by atoms with E-state index in [9.17, 15) is 14.9 Å². The topological polar surface area (TPSA) is 98.3 Å². The van der Waals surface area contributed by atoms with Crippen molar-refractivity contribution in [3.8, 4) is 0 Å². The van der Waals surface area contributed by atoms with Gasteiger partial charge in [0.05, 0.1) is 4.92 Å². The average Bonchev–Trinajstić information content (AvgIpc) is 2.28. The van der Waals surface area contributed by atoms with Gasteiger partial charge in [0.2, 0.25) is 5.91 Å². The molecule has 0 bridgehead atoms. The lowest BCUT2D eigenvalue weighted by atomic mass is 10.1. The summed E-state index contributed by atoms with van der Waals surface area (Å²) in [4.78, 5) is 22.1. The van der Waals surface area contributed by atoms with E-state index in [0.717, 1.165) is 5.56 Å². The van der Waals surface area contributed by atoms with E-state index >= 15 is 0 Å². The SMILES string of the molecule is Cc1ccc([N+](=O)[O-])c(NC(=O)C(C)CCN)c1. The van der Waals surface area contributed by atoms with Crippen LogP contribution in [0.1, 0.15) is 18.9 Å². The van der Waals surface area contributed by atoms with Gasteiger partial charge in [-0.05, 0) is 31.5 Å². The van der Waals surface area contributed by atoms with Crippen LogP contribution in [-0.2, 0) is 4.79 Å². The maximum atomic E-state index is 11.8. The van der Waals surface area contributed by atoms with Crippen molar-refractivity contribution in [1.29, 1.82) is 0 Å². The van der Waals surface area contributed by atoms with Crippen LogP contribution in [0.4, 0.5) is 11.4 Å². The van der Waals surface area contributed by atoms with Crippen molar-refractivity contribution >= 4 is 17.3 Å². The van der Waals surface area contributed by atoms with Crippen LogP contribution in [0.3, 0.4) is 0 Å². The molecule has 1 aromatic carbocycles. The molecule has 0 aliphatic carbocycles. The van der Waals surface area contributed by atoms with E-state index in [4.69, 9.17) is 5.73 Å². The van der Waals surface area contributed by atoms with Crippen molar-refractivity contribution in [2.24, 2.45) is 11.7 Å². The van der Waals surface area contributed by atoms with Gasteiger partial charge in [0.25, 0.3) is 5.69 Å². The van der Waals surface area contributed by atoms with Crippen LogP contribution in [0.2, 0.25) is 0 Å². The monoisotopic (exact) mass is 251 g/mol. The van der Waals surface area contributed by atoms with Crippen molar-refractivity contribution in [1.82, 2.24) is 0 Å². The number of anilines is 1. The van der Waals surface area contributed by atoms with Gasteiger partial charge in [-0.1, -0.05) is 13.0 Å². The summed E-state index contributed by atoms with van der Waals surface area (Å²) in [5.74, 6) is -0.524. The predicted molar refractivity (Wildman–Crippen MR) is 69.3 cm³/mol. The first-order valence-corrected chi connectivity index (χ1v) is 5.71. The highest BCUT2D eigenvalue weighted by Gasteiger charge is 2.18. The summed E-state index contributed by atoms with van der Waals surface area (Å²) in [5.41, 5.74) is 6.35. The summed E-state index contributed by atoms with van der Waals surface area (Å²) in [6.45, 7) is 3.96. The van der Waals surface area contributed by atoms with Crippen molar-refractivity contribution in [3.05, 3.63) is 33.9 Å². The lowest BCUT2D eigenvalue weighted by Gasteiger charge is -2.11. The number of nitrogens with two attached hydrogens (primary N) is 1. The fraction of sp³-hybridized carbons (Fsp3) is 0.417. The predicted octanol–water partition coefficient (Wildman–Crippen LogP) is 1.83. The minimum absolute atomic E-state index is 0.103. The van der Waals surface area contributed by atoms with Gasteiger partial charge in [0, 0.05) is 12.0 Å². The van der Waals surface area contributed by atoms with Crippen molar-refractivity contribution in [3.63, 3.8) is 0 Å². The molecule has 0 saturated carbocycles. The van der Waals surface area contributed by atoms with Gasteiger partial charge in [-0.2, -0.15) is 0 Å². The lowest BCUT2D eigenvalue weighted by molar-refractivity contribution is -0.383. The molecule has 1 unspecified atom stereocenters. The molecule has 0 spiro atoms. The maximum absolute atomic E-state index is 11.8. The molecule has 1 rings (SSSR count). The van der Waals surface area contributed by atoms with E-state index in [1.54, 1.807) is 19.1 Å². The van der Waals surface area contributed by atoms with Crippen LogP contribution in [0.5, 0.6) is 0 Å². The van der Waals surface area contributed by atoms with Gasteiger partial charge in [0.1, 0.15) is 5.69 Å². The molecular formula is C12H17N3O3. The molecule has 18 heavy (non-hydrogen) atoms. The van der Waals surface area contributed by atoms with Crippen LogP contribution >= 0.6 is 0 Å². The number of nitro benzene ring substituents is 1. The third kappa shape index (κ3) is 3.53. The highest BCUT2D eigenvalue weighted by atomic mass is 16.6. The van der Waals surface area contributed by atoms with Gasteiger partial charge in [-0.15, -0.1) is 0 Å². The summed E-state index contributed by atoms with van der Waals surface area (Å²) in [6, 6.07) is 4.61. The van der Waals surface area contributed by atoms with Gasteiger partial charge >= 0.3 is 0 Å². The summed E-state index contributed by atoms with van der Waals surface area (Å²) >= 11 is 0. The Morgan fingerprint density at radius 1 is 1.56 bits per heavy atom. The Kier molecular flexibility index (Phi) is 4.79. The maximum Gasteiger partial charge on any atom is 0.292 e. The normalized spacial score (nSPS) is 11.9. The van der Waals surface area contributed by atoms with Crippen LogP contribution < -0.4 is 11.1 Å². The smallest absolute Gasteiger partial charge is 0.292 e. The highest BCUT2D eigenvalue weighted by molar-refractivity contribution is 5.94. The third-order valence-electron chi connectivity index (χ3n) is 2.65. The summed E-state index contributed by atoms with van der Waals surface area (Å²) < 4.78 is 0. The van der Waals surface area contributed by atoms with E-state index in [2.05, 4.69) is 5.32 Å². The second-order valence-corrected chi connectivity index (χ2v) is 4.25. The van der Waals surface area contributed by atoms with Crippen molar-refractivity contribution in [2.75, 3.05) is 11.9 Å². The zero-order chi connectivity index (χ0) is 13.7. The highest BCUT2D eigenvalue weighted by Crippen LogP contribution is 2.25. The van der Waals surface area contributed by atoms with Gasteiger partial charge in [-0.25, -0.2) is 0 Å². The first-order valence-electron chi connectivity index (χ1n) is 5.71. The lowest BCUT2D eigenvalue weighted by Crippen LogP contribution is -2.23. The van der Waals surface area contributed by atoms with Crippen molar-refractivity contribution in [2.45, 2.75) is 20.3 Å². The molecule has 3 N–H and O–H groups in total. The summed E-state index contributed by atoms with van der Waals surface area (Å²) in [6.07, 6.45) is 0.547. The Hall–Kier alpha value is -1.95. The number of hydrogen-bond donors (Lipinski definition) is 2. The van der Waals surface area contributed by atoms with E-state index < -0.39 is 4.92 Å². The van der Waals surface area contributed by atoms with Gasteiger partial charge < -0.3 is 11.1 Å². The van der Waals surface area contributed by atoms with E-state index in [1.807, 2.05) is 6.92 Å². The Labute approximate surface area is 105 Å².